The Kier molecular flexibility index (Phi) is 9.35. The maximum Gasteiger partial charge on any atom is 0.200 e. The molecule has 0 bridgehead atoms. The van der Waals surface area contributed by atoms with Gasteiger partial charge in [0.1, 0.15) is 41.0 Å². The van der Waals surface area contributed by atoms with Gasteiger partial charge in [-0.05, 0) is 22.9 Å². The fraction of sp³-hybridized carbons (Fsp3) is 0. The van der Waals surface area contributed by atoms with E-state index in [1.165, 1.54) is 0 Å². The van der Waals surface area contributed by atoms with Gasteiger partial charge in [-0.25, -0.2) is 96.6 Å². The molecule has 59 heavy (non-hydrogen) atoms. The summed E-state index contributed by atoms with van der Waals surface area (Å²) in [7, 11) is 0. The van der Waals surface area contributed by atoms with Crippen molar-refractivity contribution in [3.8, 4) is 0 Å². The molecule has 0 aliphatic rings. The normalized spacial score (nSPS) is 12.2. The van der Waals surface area contributed by atoms with Gasteiger partial charge >= 0.3 is 0 Å². The van der Waals surface area contributed by atoms with Crippen LogP contribution in [0.5, 0.6) is 0 Å². The molecule has 0 aliphatic heterocycles. The first-order valence-corrected chi connectivity index (χ1v) is 15.4. The van der Waals surface area contributed by atoms with Crippen molar-refractivity contribution in [2.75, 3.05) is 0 Å². The van der Waals surface area contributed by atoms with Crippen LogP contribution in [0.15, 0.2) is 24.3 Å². The zero-order chi connectivity index (χ0) is 43.8. The van der Waals surface area contributed by atoms with Crippen LogP contribution >= 0.6 is 0 Å². The van der Waals surface area contributed by atoms with Gasteiger partial charge < -0.3 is 0 Å². The highest BCUT2D eigenvalue weighted by Gasteiger charge is 2.49. The van der Waals surface area contributed by atoms with Crippen molar-refractivity contribution in [3.05, 3.63) is 152 Å². The van der Waals surface area contributed by atoms with E-state index in [1.54, 1.807) is 0 Å². The molecule has 0 fully saturated rings. The maximum absolute atomic E-state index is 17.0. The number of hydrogen-bond acceptors (Lipinski definition) is 0. The Hall–Kier alpha value is -6.16. The summed E-state index contributed by atoms with van der Waals surface area (Å²) in [4.78, 5) is 0. The van der Waals surface area contributed by atoms with Gasteiger partial charge in [-0.2, -0.15) is 10.9 Å². The molecule has 0 unspecified atom stereocenters. The number of halogens is 22. The predicted octanol–water partition coefficient (Wildman–Crippen LogP) is 9.58. The molecule has 0 N–H and O–H groups in total. The lowest BCUT2D eigenvalue weighted by Gasteiger charge is -2.45. The van der Waals surface area contributed by atoms with Crippen molar-refractivity contribution in [1.82, 2.24) is 0 Å². The first kappa shape index (κ1) is 41.0. The molecular weight excluding hydrogens is 861 g/mol. The quantitative estimate of drug-likeness (QED) is 0.0717. The van der Waals surface area contributed by atoms with Crippen LogP contribution in [0.1, 0.15) is 0 Å². The summed E-state index contributed by atoms with van der Waals surface area (Å²) in [5.41, 5.74) is -11.7. The molecule has 23 heteroatoms. The summed E-state index contributed by atoms with van der Waals surface area (Å²) >= 11 is 0. The Labute approximate surface area is 309 Å². The van der Waals surface area contributed by atoms with Crippen molar-refractivity contribution < 1.29 is 96.6 Å². The monoisotopic (exact) mass is 865 g/mol. The predicted molar refractivity (Wildman–Crippen MR) is 162 cm³/mol. The van der Waals surface area contributed by atoms with Crippen LogP contribution in [-0.4, -0.2) is 6.15 Å². The van der Waals surface area contributed by atoms with E-state index in [1.807, 2.05) is 0 Å². The molecule has 0 saturated carbocycles. The van der Waals surface area contributed by atoms with Crippen LogP contribution in [0.3, 0.4) is 0 Å². The third-order valence-electron chi connectivity index (χ3n) is 9.75. The zero-order valence-corrected chi connectivity index (χ0v) is 27.2. The molecule has 7 aromatic rings. The number of rotatable bonds is 4. The van der Waals surface area contributed by atoms with Gasteiger partial charge in [0.2, 0.25) is 0 Å². The Morgan fingerprint density at radius 1 is 0.220 bits per heavy atom. The van der Waals surface area contributed by atoms with Crippen LogP contribution in [0.25, 0.3) is 32.3 Å². The molecule has 306 valence electrons. The molecule has 0 aliphatic carbocycles. The average Bonchev–Trinajstić information content (AvgIpc) is 3.19. The standard InChI is InChI=1S/C36H4BF22/c38-9-3-5-1-7(17(40)22(45)11(5)24(47)19(9)42)37(16-30(53)34(57)36(59)35(58)31(16)54,8-2-6-4-10(39)20(43)25(48)12(6)23(46)18(8)41)15-21(44)13-14(26(49)29(15)52)28(51)33(56)32(55)27(13)50/h1-4H/q-1. The van der Waals surface area contributed by atoms with E-state index in [4.69, 9.17) is 0 Å². The van der Waals surface area contributed by atoms with Crippen molar-refractivity contribution in [2.45, 2.75) is 0 Å². The van der Waals surface area contributed by atoms with E-state index in [-0.39, 0.29) is 12.1 Å². The van der Waals surface area contributed by atoms with Crippen molar-refractivity contribution in [1.29, 1.82) is 0 Å². The molecule has 0 amide bonds. The molecule has 0 nitrogen and oxygen atoms in total. The van der Waals surface area contributed by atoms with Crippen LogP contribution < -0.4 is 21.9 Å². The fourth-order valence-corrected chi connectivity index (χ4v) is 7.28. The first-order chi connectivity index (χ1) is 27.5. The summed E-state index contributed by atoms with van der Waals surface area (Å²) in [6.07, 6.45) is -6.63. The molecule has 7 aromatic carbocycles. The van der Waals surface area contributed by atoms with E-state index in [0.717, 1.165) is 0 Å². The number of hydrogen-bond donors (Lipinski definition) is 0. The van der Waals surface area contributed by atoms with Gasteiger partial charge in [-0.1, -0.05) is 12.1 Å². The van der Waals surface area contributed by atoms with E-state index >= 15 is 52.7 Å². The number of benzene rings is 7. The Bertz CT molecular complexity index is 2950. The smallest absolute Gasteiger partial charge is 0.200 e. The van der Waals surface area contributed by atoms with Gasteiger partial charge in [-0.3, -0.25) is 0 Å². The molecule has 0 spiro atoms. The minimum absolute atomic E-state index is 0.370. The first-order valence-electron chi connectivity index (χ1n) is 15.4. The van der Waals surface area contributed by atoms with Crippen molar-refractivity contribution in [2.24, 2.45) is 0 Å². The highest BCUT2D eigenvalue weighted by Crippen LogP contribution is 2.36. The van der Waals surface area contributed by atoms with Gasteiger partial charge in [0.05, 0.1) is 21.5 Å². The highest BCUT2D eigenvalue weighted by molar-refractivity contribution is 7.20. The van der Waals surface area contributed by atoms with Gasteiger partial charge in [0.25, 0.3) is 0 Å². The molecule has 0 atom stereocenters. The molecule has 0 radical (unpaired) electrons. The molecular formula is C36H4BF22-. The lowest BCUT2D eigenvalue weighted by molar-refractivity contribution is 0.384. The van der Waals surface area contributed by atoms with E-state index in [9.17, 15) is 43.9 Å². The third kappa shape index (κ3) is 5.17. The van der Waals surface area contributed by atoms with Crippen LogP contribution in [-0.2, 0) is 0 Å². The second kappa shape index (κ2) is 13.4. The lowest BCUT2D eigenvalue weighted by Crippen LogP contribution is -2.79. The fourth-order valence-electron chi connectivity index (χ4n) is 7.28. The average molecular weight is 865 g/mol. The minimum atomic E-state index is -6.63. The molecule has 0 aromatic heterocycles. The maximum atomic E-state index is 17.0. The SMILES string of the molecule is Fc1cc2cc([B-](c3cc4cc(F)c(F)c(F)c4c(F)c3F)(c3c(F)c(F)c(F)c(F)c3F)c3c(F)c(F)c4c(F)c(F)c(F)c(F)c4c3F)c(F)c(F)c2c(F)c1F. The summed E-state index contributed by atoms with van der Waals surface area (Å²) in [6, 6.07) is -1.78. The van der Waals surface area contributed by atoms with Crippen molar-refractivity contribution in [3.63, 3.8) is 0 Å². The Morgan fingerprint density at radius 2 is 0.475 bits per heavy atom. The molecule has 0 saturated heterocycles. The van der Waals surface area contributed by atoms with E-state index < -0.39 is 200 Å². The topological polar surface area (TPSA) is 0 Å². The van der Waals surface area contributed by atoms with Gasteiger partial charge in [-0.15, -0.1) is 10.9 Å². The summed E-state index contributed by atoms with van der Waals surface area (Å²) in [5.74, 6) is -67.4. The van der Waals surface area contributed by atoms with Crippen LogP contribution in [0, 0.1) is 128 Å². The van der Waals surface area contributed by atoms with Gasteiger partial charge in [0.15, 0.2) is 93.1 Å². The van der Waals surface area contributed by atoms with Crippen molar-refractivity contribution >= 4 is 60.3 Å². The minimum Gasteiger partial charge on any atom is -0.210 e. The van der Waals surface area contributed by atoms with E-state index in [2.05, 4.69) is 0 Å². The molecule has 7 rings (SSSR count). The second-order valence-electron chi connectivity index (χ2n) is 12.6. The van der Waals surface area contributed by atoms with E-state index in [0.29, 0.717) is 0 Å². The van der Waals surface area contributed by atoms with Crippen LogP contribution in [0.4, 0.5) is 96.6 Å². The van der Waals surface area contributed by atoms with Gasteiger partial charge in [0, 0.05) is 0 Å². The highest BCUT2D eigenvalue weighted by atomic mass is 19.2. The largest absolute Gasteiger partial charge is 0.210 e. The summed E-state index contributed by atoms with van der Waals surface area (Å²) in [6.45, 7) is 0. The summed E-state index contributed by atoms with van der Waals surface area (Å²) in [5, 5.41) is -13.0. The summed E-state index contributed by atoms with van der Waals surface area (Å²) < 4.78 is 339. The zero-order valence-electron chi connectivity index (χ0n) is 27.2. The lowest BCUT2D eigenvalue weighted by atomic mass is 9.12. The Morgan fingerprint density at radius 3 is 0.864 bits per heavy atom. The molecule has 0 heterocycles. The second-order valence-corrected chi connectivity index (χ2v) is 12.6. The third-order valence-corrected chi connectivity index (χ3v) is 9.75. The van der Waals surface area contributed by atoms with Crippen LogP contribution in [0.2, 0.25) is 0 Å². The number of fused-ring (bicyclic) bond motifs is 3. The Balaban J connectivity index is 1.95.